The van der Waals surface area contributed by atoms with Gasteiger partial charge in [0.2, 0.25) is 11.0 Å². The molecule has 0 radical (unpaired) electrons. The molecule has 1 amide bonds. The molecule has 0 aliphatic heterocycles. The van der Waals surface area contributed by atoms with Gasteiger partial charge in [-0.05, 0) is 37.0 Å². The summed E-state index contributed by atoms with van der Waals surface area (Å²) < 4.78 is 5.96. The summed E-state index contributed by atoms with van der Waals surface area (Å²) >= 11 is 3.99. The third-order valence-electron chi connectivity index (χ3n) is 5.76. The zero-order valence-corrected chi connectivity index (χ0v) is 20.9. The Morgan fingerprint density at radius 2 is 1.80 bits per heavy atom. The second-order valence-electron chi connectivity index (χ2n) is 8.03. The van der Waals surface area contributed by atoms with Crippen molar-refractivity contribution in [1.29, 1.82) is 0 Å². The average Bonchev–Trinajstić information content (AvgIpc) is 3.60. The van der Waals surface area contributed by atoms with Crippen molar-refractivity contribution in [3.05, 3.63) is 81.5 Å². The number of carbonyl (C=O) groups excluding carboxylic acids is 1. The molecule has 5 aromatic rings. The summed E-state index contributed by atoms with van der Waals surface area (Å²) in [6.07, 6.45) is 3.00. The van der Waals surface area contributed by atoms with Crippen molar-refractivity contribution in [2.24, 2.45) is 0 Å². The minimum atomic E-state index is -0.228. The molecule has 1 aliphatic carbocycles. The van der Waals surface area contributed by atoms with Gasteiger partial charge in [-0.2, -0.15) is 9.36 Å². The molecule has 0 spiro atoms. The first-order valence-electron chi connectivity index (χ1n) is 11.1. The predicted octanol–water partition coefficient (Wildman–Crippen LogP) is 5.19. The molecule has 0 atom stereocenters. The van der Waals surface area contributed by atoms with Crippen LogP contribution in [0.4, 0.5) is 5.13 Å². The number of hydrogen-bond donors (Lipinski definition) is 1. The third kappa shape index (κ3) is 4.29. The van der Waals surface area contributed by atoms with Crippen LogP contribution in [0.15, 0.2) is 70.6 Å². The number of aromatic nitrogens is 4. The lowest BCUT2D eigenvalue weighted by molar-refractivity contribution is -0.113. The van der Waals surface area contributed by atoms with Crippen LogP contribution in [-0.2, 0) is 17.6 Å². The summed E-state index contributed by atoms with van der Waals surface area (Å²) in [4.78, 5) is 37.7. The lowest BCUT2D eigenvalue weighted by Gasteiger charge is -2.12. The largest absolute Gasteiger partial charge is 0.300 e. The van der Waals surface area contributed by atoms with Gasteiger partial charge >= 0.3 is 0 Å². The molecule has 3 aromatic heterocycles. The maximum Gasteiger partial charge on any atom is 0.267 e. The van der Waals surface area contributed by atoms with E-state index in [9.17, 15) is 9.59 Å². The van der Waals surface area contributed by atoms with Gasteiger partial charge in [-0.3, -0.25) is 19.5 Å². The van der Waals surface area contributed by atoms with E-state index in [1.165, 1.54) is 16.6 Å². The first kappa shape index (κ1) is 22.1. The molecular formula is C25H19N5O2S3. The van der Waals surface area contributed by atoms with Crippen molar-refractivity contribution in [2.45, 2.75) is 24.4 Å². The molecule has 7 nitrogen and oxygen atoms in total. The normalized spacial score (nSPS) is 12.7. The van der Waals surface area contributed by atoms with E-state index in [4.69, 9.17) is 4.98 Å². The lowest BCUT2D eigenvalue weighted by Crippen LogP contribution is -2.23. The molecule has 0 bridgehead atoms. The van der Waals surface area contributed by atoms with E-state index in [1.54, 1.807) is 15.9 Å². The summed E-state index contributed by atoms with van der Waals surface area (Å²) in [6, 6.07) is 19.1. The maximum absolute atomic E-state index is 13.6. The van der Waals surface area contributed by atoms with Gasteiger partial charge in [-0.25, -0.2) is 4.98 Å². The standard InChI is InChI=1S/C25H19N5O2S3/c31-19(26-24-27-21(29-35-24)15-8-3-1-4-9-15)14-33-25-28-22-20(17-12-7-13-18(17)34-22)23(32)30(25)16-10-5-2-6-11-16/h1-6,8-11H,7,12-14H2,(H,26,27,29,31). The number of thiophene rings is 1. The Morgan fingerprint density at radius 1 is 1.03 bits per heavy atom. The molecule has 2 aromatic carbocycles. The number of fused-ring (bicyclic) bond motifs is 3. The molecular weight excluding hydrogens is 499 g/mol. The van der Waals surface area contributed by atoms with Crippen molar-refractivity contribution >= 4 is 55.9 Å². The molecule has 0 fully saturated rings. The summed E-state index contributed by atoms with van der Waals surface area (Å²) in [5.74, 6) is 0.443. The second-order valence-corrected chi connectivity index (χ2v) is 10.8. The van der Waals surface area contributed by atoms with Crippen LogP contribution in [-0.4, -0.2) is 30.6 Å². The highest BCUT2D eigenvalue weighted by atomic mass is 32.2. The van der Waals surface area contributed by atoms with Crippen molar-refractivity contribution in [3.63, 3.8) is 0 Å². The zero-order chi connectivity index (χ0) is 23.8. The number of rotatable bonds is 6. The number of carbonyl (C=O) groups is 1. The Kier molecular flexibility index (Phi) is 5.93. The topological polar surface area (TPSA) is 89.8 Å². The Balaban J connectivity index is 1.27. The third-order valence-corrected chi connectivity index (χ3v) is 8.51. The highest BCUT2D eigenvalue weighted by molar-refractivity contribution is 7.99. The molecule has 6 rings (SSSR count). The van der Waals surface area contributed by atoms with Crippen LogP contribution in [0.1, 0.15) is 16.9 Å². The zero-order valence-electron chi connectivity index (χ0n) is 18.4. The molecule has 174 valence electrons. The van der Waals surface area contributed by atoms with E-state index < -0.39 is 0 Å². The van der Waals surface area contributed by atoms with Crippen molar-refractivity contribution < 1.29 is 4.79 Å². The SMILES string of the molecule is O=C(CSc1nc2sc3c(c2c(=O)n1-c1ccccc1)CCC3)Nc1nc(-c2ccccc2)ns1. The van der Waals surface area contributed by atoms with Crippen LogP contribution < -0.4 is 10.9 Å². The van der Waals surface area contributed by atoms with Gasteiger partial charge in [0.25, 0.3) is 5.56 Å². The quantitative estimate of drug-likeness (QED) is 0.246. The Morgan fingerprint density at radius 3 is 2.60 bits per heavy atom. The molecule has 1 N–H and O–H groups in total. The number of para-hydroxylation sites is 1. The number of amides is 1. The van der Waals surface area contributed by atoms with Crippen molar-refractivity contribution in [3.8, 4) is 17.1 Å². The molecule has 1 aliphatic rings. The smallest absolute Gasteiger partial charge is 0.267 e. The fraction of sp³-hybridized carbons (Fsp3) is 0.160. The van der Waals surface area contributed by atoms with Crippen LogP contribution in [0.2, 0.25) is 0 Å². The maximum atomic E-state index is 13.6. The van der Waals surface area contributed by atoms with E-state index >= 15 is 0 Å². The molecule has 0 saturated carbocycles. The molecule has 35 heavy (non-hydrogen) atoms. The summed E-state index contributed by atoms with van der Waals surface area (Å²) in [6.45, 7) is 0. The number of nitrogens with zero attached hydrogens (tertiary/aromatic N) is 4. The molecule has 0 saturated heterocycles. The van der Waals surface area contributed by atoms with E-state index in [-0.39, 0.29) is 17.2 Å². The number of thioether (sulfide) groups is 1. The van der Waals surface area contributed by atoms with Crippen LogP contribution >= 0.6 is 34.6 Å². The molecule has 3 heterocycles. The number of anilines is 1. The van der Waals surface area contributed by atoms with Gasteiger partial charge in [0.15, 0.2) is 11.0 Å². The number of benzene rings is 2. The van der Waals surface area contributed by atoms with Gasteiger partial charge in [0.1, 0.15) is 4.83 Å². The van der Waals surface area contributed by atoms with Crippen molar-refractivity contribution in [1.82, 2.24) is 18.9 Å². The second kappa shape index (κ2) is 9.37. The molecule has 10 heteroatoms. The van der Waals surface area contributed by atoms with Gasteiger partial charge in [-0.1, -0.05) is 60.3 Å². The van der Waals surface area contributed by atoms with Gasteiger partial charge in [0, 0.05) is 22.0 Å². The van der Waals surface area contributed by atoms with Crippen LogP contribution in [0.3, 0.4) is 0 Å². The van der Waals surface area contributed by atoms with Crippen LogP contribution in [0.25, 0.3) is 27.3 Å². The highest BCUT2D eigenvalue weighted by Crippen LogP contribution is 2.36. The summed E-state index contributed by atoms with van der Waals surface area (Å²) in [5, 5.41) is 4.49. The Labute approximate surface area is 213 Å². The monoisotopic (exact) mass is 517 g/mol. The van der Waals surface area contributed by atoms with Gasteiger partial charge in [0.05, 0.1) is 16.8 Å². The van der Waals surface area contributed by atoms with Crippen LogP contribution in [0, 0.1) is 0 Å². The Bertz CT molecular complexity index is 1590. The predicted molar refractivity (Wildman–Crippen MR) is 142 cm³/mol. The number of hydrogen-bond acceptors (Lipinski definition) is 8. The summed E-state index contributed by atoms with van der Waals surface area (Å²) in [7, 11) is 0. The van der Waals surface area contributed by atoms with Crippen molar-refractivity contribution in [2.75, 3.05) is 11.1 Å². The highest BCUT2D eigenvalue weighted by Gasteiger charge is 2.24. The number of aryl methyl sites for hydroxylation is 2. The van der Waals surface area contributed by atoms with Crippen LogP contribution in [0.5, 0.6) is 0 Å². The lowest BCUT2D eigenvalue weighted by atomic mass is 10.2. The molecule has 0 unspecified atom stereocenters. The number of nitrogens with one attached hydrogen (secondary N) is 1. The average molecular weight is 518 g/mol. The fourth-order valence-corrected chi connectivity index (χ4v) is 6.91. The Hall–Kier alpha value is -3.34. The van der Waals surface area contributed by atoms with Gasteiger partial charge < -0.3 is 0 Å². The first-order chi connectivity index (χ1) is 17.2. The van der Waals surface area contributed by atoms with E-state index in [0.717, 1.165) is 57.8 Å². The summed E-state index contributed by atoms with van der Waals surface area (Å²) in [5.41, 5.74) is 2.71. The minimum Gasteiger partial charge on any atom is -0.300 e. The van der Waals surface area contributed by atoms with E-state index in [2.05, 4.69) is 14.7 Å². The fourth-order valence-electron chi connectivity index (χ4n) is 4.19. The van der Waals surface area contributed by atoms with E-state index in [0.29, 0.717) is 16.1 Å². The first-order valence-corrected chi connectivity index (χ1v) is 13.7. The van der Waals surface area contributed by atoms with Gasteiger partial charge in [-0.15, -0.1) is 11.3 Å². The van der Waals surface area contributed by atoms with E-state index in [1.807, 2.05) is 60.7 Å². The minimum absolute atomic E-state index is 0.0693.